The third kappa shape index (κ3) is 4.53. The number of carbonyl (C=O) groups excluding carboxylic acids is 1. The molecule has 0 unspecified atom stereocenters. The van der Waals surface area contributed by atoms with Crippen LogP contribution in [0.1, 0.15) is 5.56 Å². The first-order valence-corrected chi connectivity index (χ1v) is 6.12. The lowest BCUT2D eigenvalue weighted by Gasteiger charge is -2.07. The van der Waals surface area contributed by atoms with Crippen LogP contribution in [-0.2, 0) is 4.79 Å². The molecule has 0 aliphatic carbocycles. The van der Waals surface area contributed by atoms with Gasteiger partial charge in [-0.3, -0.25) is 4.79 Å². The largest absolute Gasteiger partial charge is 0.508 e. The van der Waals surface area contributed by atoms with Crippen molar-refractivity contribution in [1.29, 1.82) is 5.26 Å². The molecule has 1 aromatic rings. The standard InChI is InChI=1S/C13H14ClN3O2/c1-9-6-11(18)2-3-12(9)17-8-10(7-15)13(19)16-5-4-14/h2-3,6,8,17-18H,4-5H2,1H3,(H,16,19)/b10-8-. The molecule has 1 rings (SSSR count). The first-order valence-electron chi connectivity index (χ1n) is 5.59. The maximum absolute atomic E-state index is 11.6. The maximum atomic E-state index is 11.6. The number of amides is 1. The molecule has 0 radical (unpaired) electrons. The molecule has 0 spiro atoms. The maximum Gasteiger partial charge on any atom is 0.263 e. The van der Waals surface area contributed by atoms with E-state index in [1.807, 2.05) is 0 Å². The van der Waals surface area contributed by atoms with Crippen LogP contribution in [0.2, 0.25) is 0 Å². The number of benzene rings is 1. The molecule has 0 saturated carbocycles. The van der Waals surface area contributed by atoms with Gasteiger partial charge in [-0.05, 0) is 30.7 Å². The molecule has 0 heterocycles. The number of halogens is 1. The summed E-state index contributed by atoms with van der Waals surface area (Å²) >= 11 is 5.45. The summed E-state index contributed by atoms with van der Waals surface area (Å²) in [5.41, 5.74) is 1.46. The molecular weight excluding hydrogens is 266 g/mol. The second-order valence-corrected chi connectivity index (χ2v) is 4.14. The number of aromatic hydroxyl groups is 1. The van der Waals surface area contributed by atoms with Crippen molar-refractivity contribution in [3.05, 3.63) is 35.5 Å². The van der Waals surface area contributed by atoms with Gasteiger partial charge in [0.25, 0.3) is 5.91 Å². The van der Waals surface area contributed by atoms with Crippen LogP contribution in [0.3, 0.4) is 0 Å². The number of hydrogen-bond donors (Lipinski definition) is 3. The zero-order chi connectivity index (χ0) is 14.3. The molecule has 0 aliphatic heterocycles. The Labute approximate surface area is 116 Å². The zero-order valence-corrected chi connectivity index (χ0v) is 11.2. The molecule has 100 valence electrons. The van der Waals surface area contributed by atoms with Crippen LogP contribution in [0, 0.1) is 18.3 Å². The van der Waals surface area contributed by atoms with Crippen molar-refractivity contribution in [2.75, 3.05) is 17.7 Å². The number of carbonyl (C=O) groups is 1. The van der Waals surface area contributed by atoms with Gasteiger partial charge in [-0.2, -0.15) is 5.26 Å². The van der Waals surface area contributed by atoms with Crippen molar-refractivity contribution >= 4 is 23.2 Å². The fraction of sp³-hybridized carbons (Fsp3) is 0.231. The lowest BCUT2D eigenvalue weighted by molar-refractivity contribution is -0.117. The van der Waals surface area contributed by atoms with Crippen molar-refractivity contribution in [3.8, 4) is 11.8 Å². The molecular formula is C13H14ClN3O2. The second kappa shape index (κ2) is 7.29. The summed E-state index contributed by atoms with van der Waals surface area (Å²) in [5.74, 6) is -0.0333. The summed E-state index contributed by atoms with van der Waals surface area (Å²) in [4.78, 5) is 11.6. The first-order chi connectivity index (χ1) is 9.08. The van der Waals surface area contributed by atoms with E-state index in [0.717, 1.165) is 5.56 Å². The van der Waals surface area contributed by atoms with Gasteiger partial charge >= 0.3 is 0 Å². The Morgan fingerprint density at radius 3 is 2.89 bits per heavy atom. The SMILES string of the molecule is Cc1cc(O)ccc1N/C=C(/C#N)C(=O)NCCCl. The average Bonchev–Trinajstić information content (AvgIpc) is 2.39. The van der Waals surface area contributed by atoms with E-state index in [1.54, 1.807) is 25.1 Å². The number of phenols is 1. The van der Waals surface area contributed by atoms with Gasteiger partial charge in [0.05, 0.1) is 0 Å². The van der Waals surface area contributed by atoms with E-state index in [9.17, 15) is 9.90 Å². The fourth-order valence-corrected chi connectivity index (χ4v) is 1.46. The number of hydrogen-bond acceptors (Lipinski definition) is 4. The molecule has 1 aromatic carbocycles. The molecule has 0 bridgehead atoms. The van der Waals surface area contributed by atoms with Crippen molar-refractivity contribution < 1.29 is 9.90 Å². The normalized spacial score (nSPS) is 10.7. The lowest BCUT2D eigenvalue weighted by Crippen LogP contribution is -2.26. The smallest absolute Gasteiger partial charge is 0.263 e. The van der Waals surface area contributed by atoms with Crippen LogP contribution in [-0.4, -0.2) is 23.4 Å². The minimum atomic E-state index is -0.480. The van der Waals surface area contributed by atoms with Gasteiger partial charge in [-0.15, -0.1) is 11.6 Å². The summed E-state index contributed by atoms with van der Waals surface area (Å²) < 4.78 is 0. The van der Waals surface area contributed by atoms with Gasteiger partial charge in [-0.1, -0.05) is 0 Å². The van der Waals surface area contributed by atoms with Crippen LogP contribution < -0.4 is 10.6 Å². The van der Waals surface area contributed by atoms with E-state index in [2.05, 4.69) is 10.6 Å². The molecule has 19 heavy (non-hydrogen) atoms. The highest BCUT2D eigenvalue weighted by Gasteiger charge is 2.07. The van der Waals surface area contributed by atoms with Gasteiger partial charge in [0, 0.05) is 24.3 Å². The second-order valence-electron chi connectivity index (χ2n) is 3.76. The monoisotopic (exact) mass is 279 g/mol. The number of nitriles is 1. The van der Waals surface area contributed by atoms with E-state index >= 15 is 0 Å². The number of rotatable bonds is 5. The molecule has 0 saturated heterocycles. The number of aryl methyl sites for hydroxylation is 1. The Morgan fingerprint density at radius 1 is 1.58 bits per heavy atom. The van der Waals surface area contributed by atoms with Crippen LogP contribution >= 0.6 is 11.6 Å². The molecule has 3 N–H and O–H groups in total. The van der Waals surface area contributed by atoms with Crippen LogP contribution in [0.4, 0.5) is 5.69 Å². The van der Waals surface area contributed by atoms with Gasteiger partial charge in [0.2, 0.25) is 0 Å². The molecule has 0 aliphatic rings. The lowest BCUT2D eigenvalue weighted by atomic mass is 10.2. The number of phenolic OH excluding ortho intramolecular Hbond substituents is 1. The van der Waals surface area contributed by atoms with E-state index in [1.165, 1.54) is 12.3 Å². The van der Waals surface area contributed by atoms with E-state index in [4.69, 9.17) is 16.9 Å². The molecule has 0 atom stereocenters. The van der Waals surface area contributed by atoms with Gasteiger partial charge in [-0.25, -0.2) is 0 Å². The molecule has 5 nitrogen and oxygen atoms in total. The van der Waals surface area contributed by atoms with Crippen molar-refractivity contribution in [1.82, 2.24) is 5.32 Å². The number of anilines is 1. The molecule has 6 heteroatoms. The molecule has 0 fully saturated rings. The summed E-state index contributed by atoms with van der Waals surface area (Å²) in [6.07, 6.45) is 1.32. The molecule has 1 amide bonds. The highest BCUT2D eigenvalue weighted by molar-refractivity contribution is 6.18. The predicted octanol–water partition coefficient (Wildman–Crippen LogP) is 1.87. The summed E-state index contributed by atoms with van der Waals surface area (Å²) in [6.45, 7) is 2.10. The number of nitrogens with zero attached hydrogens (tertiary/aromatic N) is 1. The number of alkyl halides is 1. The highest BCUT2D eigenvalue weighted by Crippen LogP contribution is 2.20. The third-order valence-corrected chi connectivity index (χ3v) is 2.52. The summed E-state index contributed by atoms with van der Waals surface area (Å²) in [7, 11) is 0. The highest BCUT2D eigenvalue weighted by atomic mass is 35.5. The van der Waals surface area contributed by atoms with Crippen molar-refractivity contribution in [3.63, 3.8) is 0 Å². The third-order valence-electron chi connectivity index (χ3n) is 2.33. The molecule has 0 aromatic heterocycles. The Kier molecular flexibility index (Phi) is 5.71. The Balaban J connectivity index is 2.77. The first kappa shape index (κ1) is 14.9. The fourth-order valence-electron chi connectivity index (χ4n) is 1.36. The number of nitrogens with one attached hydrogen (secondary N) is 2. The Morgan fingerprint density at radius 2 is 2.32 bits per heavy atom. The zero-order valence-electron chi connectivity index (χ0n) is 10.4. The van der Waals surface area contributed by atoms with Gasteiger partial charge in [0.15, 0.2) is 0 Å². The van der Waals surface area contributed by atoms with Gasteiger partial charge in [0.1, 0.15) is 17.4 Å². The van der Waals surface area contributed by atoms with Crippen molar-refractivity contribution in [2.45, 2.75) is 6.92 Å². The minimum absolute atomic E-state index is 0.0439. The Hall–Kier alpha value is -2.19. The summed E-state index contributed by atoms with van der Waals surface area (Å²) in [6, 6.07) is 6.56. The van der Waals surface area contributed by atoms with E-state index in [-0.39, 0.29) is 17.2 Å². The predicted molar refractivity (Wildman–Crippen MR) is 73.9 cm³/mol. The average molecular weight is 280 g/mol. The van der Waals surface area contributed by atoms with E-state index in [0.29, 0.717) is 12.2 Å². The van der Waals surface area contributed by atoms with E-state index < -0.39 is 5.91 Å². The van der Waals surface area contributed by atoms with Crippen LogP contribution in [0.15, 0.2) is 30.0 Å². The summed E-state index contributed by atoms with van der Waals surface area (Å²) in [5, 5.41) is 23.5. The van der Waals surface area contributed by atoms with Crippen molar-refractivity contribution in [2.24, 2.45) is 0 Å². The van der Waals surface area contributed by atoms with Crippen LogP contribution in [0.25, 0.3) is 0 Å². The topological polar surface area (TPSA) is 85.2 Å². The minimum Gasteiger partial charge on any atom is -0.508 e. The quantitative estimate of drug-likeness (QED) is 0.332. The van der Waals surface area contributed by atoms with Crippen LogP contribution in [0.5, 0.6) is 5.75 Å². The Bertz CT molecular complexity index is 535. The van der Waals surface area contributed by atoms with Gasteiger partial charge < -0.3 is 15.7 Å².